The summed E-state index contributed by atoms with van der Waals surface area (Å²) in [5.74, 6) is 0.156. The molecule has 132 valence electrons. The summed E-state index contributed by atoms with van der Waals surface area (Å²) in [6.45, 7) is 1.84. The van der Waals surface area contributed by atoms with Crippen LogP contribution in [0.2, 0.25) is 5.02 Å². The lowest BCUT2D eigenvalue weighted by Gasteiger charge is -2.35. The SMILES string of the molecule is CN1CCC(N(C)C(=O)CNC(=O)COc2ccc(Cl)cc2)CC1. The molecule has 1 N–H and O–H groups in total. The van der Waals surface area contributed by atoms with E-state index in [4.69, 9.17) is 16.3 Å². The second-order valence-corrected chi connectivity index (χ2v) is 6.49. The molecule has 1 saturated heterocycles. The Bertz CT molecular complexity index is 557. The molecule has 0 saturated carbocycles. The predicted molar refractivity (Wildman–Crippen MR) is 93.2 cm³/mol. The summed E-state index contributed by atoms with van der Waals surface area (Å²) in [4.78, 5) is 28.0. The largest absolute Gasteiger partial charge is 0.484 e. The van der Waals surface area contributed by atoms with Crippen molar-refractivity contribution in [2.75, 3.05) is 40.3 Å². The summed E-state index contributed by atoms with van der Waals surface area (Å²) in [7, 11) is 3.88. The molecule has 0 aliphatic carbocycles. The lowest BCUT2D eigenvalue weighted by Crippen LogP contribution is -2.48. The fourth-order valence-electron chi connectivity index (χ4n) is 2.62. The maximum Gasteiger partial charge on any atom is 0.258 e. The third kappa shape index (κ3) is 5.69. The number of carbonyl (C=O) groups excluding carboxylic acids is 2. The maximum absolute atomic E-state index is 12.2. The predicted octanol–water partition coefficient (Wildman–Crippen LogP) is 1.39. The van der Waals surface area contributed by atoms with Crippen LogP contribution < -0.4 is 10.1 Å². The number of halogens is 1. The molecule has 0 unspecified atom stereocenters. The van der Waals surface area contributed by atoms with Crippen LogP contribution in [-0.2, 0) is 9.59 Å². The quantitative estimate of drug-likeness (QED) is 0.839. The van der Waals surface area contributed by atoms with Gasteiger partial charge in [0.25, 0.3) is 5.91 Å². The Hall–Kier alpha value is -1.79. The molecule has 6 nitrogen and oxygen atoms in total. The molecular formula is C17H24ClN3O3. The van der Waals surface area contributed by atoms with Crippen molar-refractivity contribution >= 4 is 23.4 Å². The molecule has 0 bridgehead atoms. The van der Waals surface area contributed by atoms with Gasteiger partial charge >= 0.3 is 0 Å². The van der Waals surface area contributed by atoms with Gasteiger partial charge in [0.15, 0.2) is 6.61 Å². The molecule has 1 aliphatic heterocycles. The van der Waals surface area contributed by atoms with E-state index in [0.717, 1.165) is 25.9 Å². The average Bonchev–Trinajstić information content (AvgIpc) is 2.59. The number of hydrogen-bond donors (Lipinski definition) is 1. The van der Waals surface area contributed by atoms with E-state index in [-0.39, 0.29) is 31.0 Å². The first-order valence-electron chi connectivity index (χ1n) is 8.05. The van der Waals surface area contributed by atoms with Crippen molar-refractivity contribution < 1.29 is 14.3 Å². The number of nitrogens with zero attached hydrogens (tertiary/aromatic N) is 2. The van der Waals surface area contributed by atoms with Crippen molar-refractivity contribution in [3.05, 3.63) is 29.3 Å². The standard InChI is InChI=1S/C17H24ClN3O3/c1-20-9-7-14(8-10-20)21(2)17(23)11-19-16(22)12-24-15-5-3-13(18)4-6-15/h3-6,14H,7-12H2,1-2H3,(H,19,22). The van der Waals surface area contributed by atoms with Crippen LogP contribution in [0.4, 0.5) is 0 Å². The summed E-state index contributed by atoms with van der Waals surface area (Å²) < 4.78 is 5.34. The minimum Gasteiger partial charge on any atom is -0.484 e. The Balaban J connectivity index is 1.68. The molecule has 1 aromatic carbocycles. The highest BCUT2D eigenvalue weighted by atomic mass is 35.5. The van der Waals surface area contributed by atoms with E-state index in [1.165, 1.54) is 0 Å². The van der Waals surface area contributed by atoms with Crippen LogP contribution in [0.5, 0.6) is 5.75 Å². The molecule has 0 atom stereocenters. The Morgan fingerprint density at radius 1 is 1.29 bits per heavy atom. The minimum atomic E-state index is -0.324. The Morgan fingerprint density at radius 2 is 1.92 bits per heavy atom. The molecule has 1 heterocycles. The van der Waals surface area contributed by atoms with Gasteiger partial charge in [0.2, 0.25) is 5.91 Å². The Labute approximate surface area is 147 Å². The third-order valence-electron chi connectivity index (χ3n) is 4.25. The van der Waals surface area contributed by atoms with E-state index in [2.05, 4.69) is 17.3 Å². The van der Waals surface area contributed by atoms with E-state index in [1.54, 1.807) is 36.2 Å². The van der Waals surface area contributed by atoms with Crippen molar-refractivity contribution in [3.8, 4) is 5.75 Å². The van der Waals surface area contributed by atoms with Crippen LogP contribution in [0.15, 0.2) is 24.3 Å². The fraction of sp³-hybridized carbons (Fsp3) is 0.529. The number of ether oxygens (including phenoxy) is 1. The van der Waals surface area contributed by atoms with Crippen molar-refractivity contribution in [1.29, 1.82) is 0 Å². The molecule has 2 rings (SSSR count). The molecule has 7 heteroatoms. The molecule has 1 aliphatic rings. The van der Waals surface area contributed by atoms with Crippen LogP contribution in [-0.4, -0.2) is 68.0 Å². The molecule has 0 spiro atoms. The second-order valence-electron chi connectivity index (χ2n) is 6.06. The monoisotopic (exact) mass is 353 g/mol. The van der Waals surface area contributed by atoms with Gasteiger partial charge in [0.1, 0.15) is 5.75 Å². The van der Waals surface area contributed by atoms with Gasteiger partial charge in [-0.05, 0) is 57.2 Å². The zero-order valence-corrected chi connectivity index (χ0v) is 14.9. The number of hydrogen-bond acceptors (Lipinski definition) is 4. The molecule has 1 aromatic rings. The summed E-state index contributed by atoms with van der Waals surface area (Å²) in [5, 5.41) is 3.21. The van der Waals surface area contributed by atoms with Gasteiger partial charge in [0.05, 0.1) is 6.54 Å². The minimum absolute atomic E-state index is 0.00828. The van der Waals surface area contributed by atoms with E-state index in [9.17, 15) is 9.59 Å². The van der Waals surface area contributed by atoms with E-state index in [1.807, 2.05) is 0 Å². The van der Waals surface area contributed by atoms with Gasteiger partial charge in [-0.3, -0.25) is 9.59 Å². The summed E-state index contributed by atoms with van der Waals surface area (Å²) >= 11 is 5.78. The normalized spacial score (nSPS) is 15.8. The highest BCUT2D eigenvalue weighted by Gasteiger charge is 2.23. The van der Waals surface area contributed by atoms with Gasteiger partial charge < -0.3 is 19.9 Å². The molecular weight excluding hydrogens is 330 g/mol. The number of piperidine rings is 1. The first-order chi connectivity index (χ1) is 11.5. The fourth-order valence-corrected chi connectivity index (χ4v) is 2.74. The van der Waals surface area contributed by atoms with Crippen molar-refractivity contribution in [3.63, 3.8) is 0 Å². The van der Waals surface area contributed by atoms with Crippen molar-refractivity contribution in [2.24, 2.45) is 0 Å². The molecule has 24 heavy (non-hydrogen) atoms. The first kappa shape index (κ1) is 18.5. The van der Waals surface area contributed by atoms with Crippen molar-refractivity contribution in [2.45, 2.75) is 18.9 Å². The van der Waals surface area contributed by atoms with E-state index < -0.39 is 0 Å². The van der Waals surface area contributed by atoms with Gasteiger partial charge in [-0.2, -0.15) is 0 Å². The van der Waals surface area contributed by atoms with Crippen LogP contribution in [0.25, 0.3) is 0 Å². The number of likely N-dealkylation sites (tertiary alicyclic amines) is 1. The first-order valence-corrected chi connectivity index (χ1v) is 8.43. The number of rotatable bonds is 6. The molecule has 0 radical (unpaired) electrons. The number of benzene rings is 1. The van der Waals surface area contributed by atoms with Gasteiger partial charge in [-0.15, -0.1) is 0 Å². The van der Waals surface area contributed by atoms with E-state index in [0.29, 0.717) is 10.8 Å². The number of nitrogens with one attached hydrogen (secondary N) is 1. The molecule has 0 aromatic heterocycles. The number of amides is 2. The highest BCUT2D eigenvalue weighted by Crippen LogP contribution is 2.15. The lowest BCUT2D eigenvalue weighted by atomic mass is 10.0. The Kier molecular flexibility index (Phi) is 6.87. The average molecular weight is 354 g/mol. The molecule has 2 amide bonds. The number of carbonyl (C=O) groups is 2. The zero-order chi connectivity index (χ0) is 17.5. The second kappa shape index (κ2) is 8.89. The van der Waals surface area contributed by atoms with E-state index >= 15 is 0 Å². The van der Waals surface area contributed by atoms with Crippen LogP contribution in [0, 0.1) is 0 Å². The van der Waals surface area contributed by atoms with Gasteiger partial charge in [0, 0.05) is 18.1 Å². The summed E-state index contributed by atoms with van der Waals surface area (Å²) in [6.07, 6.45) is 1.93. The maximum atomic E-state index is 12.2. The van der Waals surface area contributed by atoms with Crippen LogP contribution in [0.1, 0.15) is 12.8 Å². The summed E-state index contributed by atoms with van der Waals surface area (Å²) in [6, 6.07) is 7.00. The smallest absolute Gasteiger partial charge is 0.258 e. The van der Waals surface area contributed by atoms with Crippen LogP contribution in [0.3, 0.4) is 0 Å². The lowest BCUT2D eigenvalue weighted by molar-refractivity contribution is -0.134. The topological polar surface area (TPSA) is 61.9 Å². The zero-order valence-electron chi connectivity index (χ0n) is 14.1. The van der Waals surface area contributed by atoms with Gasteiger partial charge in [-0.1, -0.05) is 11.6 Å². The highest BCUT2D eigenvalue weighted by molar-refractivity contribution is 6.30. The van der Waals surface area contributed by atoms with Crippen molar-refractivity contribution in [1.82, 2.24) is 15.1 Å². The summed E-state index contributed by atoms with van der Waals surface area (Å²) in [5.41, 5.74) is 0. The third-order valence-corrected chi connectivity index (χ3v) is 4.50. The Morgan fingerprint density at radius 3 is 2.54 bits per heavy atom. The molecule has 1 fully saturated rings. The van der Waals surface area contributed by atoms with Crippen LogP contribution >= 0.6 is 11.6 Å². The van der Waals surface area contributed by atoms with Gasteiger partial charge in [-0.25, -0.2) is 0 Å². The number of likely N-dealkylation sites (N-methyl/N-ethyl adjacent to an activating group) is 1.